The van der Waals surface area contributed by atoms with E-state index >= 15 is 0 Å². The van der Waals surface area contributed by atoms with Crippen LogP contribution < -0.4 is 11.3 Å². The van der Waals surface area contributed by atoms with Crippen molar-refractivity contribution in [2.75, 3.05) is 0 Å². The highest BCUT2D eigenvalue weighted by Gasteiger charge is 2.14. The average molecular weight is 316 g/mol. The van der Waals surface area contributed by atoms with Gasteiger partial charge in [0.05, 0.1) is 16.1 Å². The molecule has 2 rings (SSSR count). The topological polar surface area (TPSA) is 38.0 Å². The van der Waals surface area contributed by atoms with Crippen LogP contribution in [0.4, 0.5) is 0 Å². The SMILES string of the molecule is Cc1ccc(C(NN)c2ccc(Cl)c(Cl)c2)cc1Cl. The van der Waals surface area contributed by atoms with Gasteiger partial charge in [-0.1, -0.05) is 53.0 Å². The van der Waals surface area contributed by atoms with Crippen LogP contribution in [-0.2, 0) is 0 Å². The first-order valence-electron chi connectivity index (χ1n) is 5.70. The minimum atomic E-state index is -0.187. The molecule has 1 unspecified atom stereocenters. The van der Waals surface area contributed by atoms with Gasteiger partial charge in [0, 0.05) is 5.02 Å². The van der Waals surface area contributed by atoms with Gasteiger partial charge in [-0.15, -0.1) is 0 Å². The molecule has 0 saturated heterocycles. The van der Waals surface area contributed by atoms with Gasteiger partial charge in [-0.3, -0.25) is 5.84 Å². The first-order valence-corrected chi connectivity index (χ1v) is 6.83. The molecule has 0 saturated carbocycles. The molecule has 0 bridgehead atoms. The lowest BCUT2D eigenvalue weighted by atomic mass is 9.98. The smallest absolute Gasteiger partial charge is 0.0711 e. The van der Waals surface area contributed by atoms with E-state index in [0.29, 0.717) is 15.1 Å². The Kier molecular flexibility index (Phi) is 4.71. The number of nitrogens with two attached hydrogens (primary N) is 1. The molecular formula is C14H13Cl3N2. The number of hydrogen-bond acceptors (Lipinski definition) is 2. The van der Waals surface area contributed by atoms with E-state index in [4.69, 9.17) is 40.6 Å². The Hall–Kier alpha value is -0.770. The number of halogens is 3. The van der Waals surface area contributed by atoms with Crippen LogP contribution in [0.25, 0.3) is 0 Å². The zero-order valence-corrected chi connectivity index (χ0v) is 12.5. The Morgan fingerprint density at radius 2 is 1.47 bits per heavy atom. The second kappa shape index (κ2) is 6.12. The molecule has 0 aliphatic carbocycles. The predicted octanol–water partition coefficient (Wildman–Crippen LogP) is 4.51. The van der Waals surface area contributed by atoms with E-state index in [1.165, 1.54) is 0 Å². The molecule has 0 amide bonds. The summed E-state index contributed by atoms with van der Waals surface area (Å²) in [7, 11) is 0. The standard InChI is InChI=1S/C14H13Cl3N2/c1-8-2-3-9(6-12(8)16)14(19-18)10-4-5-11(15)13(17)7-10/h2-7,14,19H,18H2,1H3. The van der Waals surface area contributed by atoms with Gasteiger partial charge in [0.2, 0.25) is 0 Å². The van der Waals surface area contributed by atoms with E-state index in [9.17, 15) is 0 Å². The van der Waals surface area contributed by atoms with Crippen LogP contribution in [0.15, 0.2) is 36.4 Å². The zero-order valence-electron chi connectivity index (χ0n) is 10.3. The largest absolute Gasteiger partial charge is 0.271 e. The van der Waals surface area contributed by atoms with E-state index in [1.54, 1.807) is 12.1 Å². The van der Waals surface area contributed by atoms with Crippen molar-refractivity contribution in [3.8, 4) is 0 Å². The Labute approximate surface area is 127 Å². The van der Waals surface area contributed by atoms with Gasteiger partial charge in [-0.05, 0) is 41.8 Å². The van der Waals surface area contributed by atoms with Crippen molar-refractivity contribution in [2.24, 2.45) is 5.84 Å². The Morgan fingerprint density at radius 1 is 0.895 bits per heavy atom. The van der Waals surface area contributed by atoms with Crippen LogP contribution in [-0.4, -0.2) is 0 Å². The fourth-order valence-electron chi connectivity index (χ4n) is 1.87. The fourth-order valence-corrected chi connectivity index (χ4v) is 2.36. The van der Waals surface area contributed by atoms with Crippen molar-refractivity contribution in [1.82, 2.24) is 5.43 Å². The molecule has 0 aromatic heterocycles. The quantitative estimate of drug-likeness (QED) is 0.646. The Morgan fingerprint density at radius 3 is 2.00 bits per heavy atom. The summed E-state index contributed by atoms with van der Waals surface area (Å²) in [6, 6.07) is 11.1. The lowest BCUT2D eigenvalue weighted by molar-refractivity contribution is 0.637. The molecule has 0 aliphatic rings. The third-order valence-electron chi connectivity index (χ3n) is 2.97. The summed E-state index contributed by atoms with van der Waals surface area (Å²) >= 11 is 18.1. The van der Waals surface area contributed by atoms with Gasteiger partial charge >= 0.3 is 0 Å². The predicted molar refractivity (Wildman–Crippen MR) is 81.8 cm³/mol. The van der Waals surface area contributed by atoms with E-state index in [2.05, 4.69) is 5.43 Å². The minimum Gasteiger partial charge on any atom is -0.271 e. The molecule has 19 heavy (non-hydrogen) atoms. The van der Waals surface area contributed by atoms with Crippen LogP contribution in [0.2, 0.25) is 15.1 Å². The molecule has 2 aromatic carbocycles. The zero-order chi connectivity index (χ0) is 14.0. The molecule has 0 heterocycles. The number of benzene rings is 2. The molecular weight excluding hydrogens is 303 g/mol. The second-order valence-corrected chi connectivity index (χ2v) is 5.50. The third kappa shape index (κ3) is 3.22. The number of hydrazine groups is 1. The maximum Gasteiger partial charge on any atom is 0.0711 e. The molecule has 0 radical (unpaired) electrons. The summed E-state index contributed by atoms with van der Waals surface area (Å²) in [5.74, 6) is 5.64. The van der Waals surface area contributed by atoms with E-state index in [-0.39, 0.29) is 6.04 Å². The summed E-state index contributed by atoms with van der Waals surface area (Å²) in [5.41, 5.74) is 5.69. The Bertz CT molecular complexity index is 548. The van der Waals surface area contributed by atoms with Crippen LogP contribution in [0, 0.1) is 6.92 Å². The summed E-state index contributed by atoms with van der Waals surface area (Å²) in [6.07, 6.45) is 0. The van der Waals surface area contributed by atoms with Crippen molar-refractivity contribution in [3.05, 3.63) is 68.2 Å². The van der Waals surface area contributed by atoms with Gasteiger partial charge < -0.3 is 0 Å². The first kappa shape index (κ1) is 14.6. The summed E-state index contributed by atoms with van der Waals surface area (Å²) in [6.45, 7) is 1.95. The molecule has 1 atom stereocenters. The lowest BCUT2D eigenvalue weighted by Crippen LogP contribution is -2.28. The number of hydrogen-bond donors (Lipinski definition) is 2. The van der Waals surface area contributed by atoms with Crippen LogP contribution in [0.1, 0.15) is 22.7 Å². The van der Waals surface area contributed by atoms with E-state index < -0.39 is 0 Å². The van der Waals surface area contributed by atoms with Crippen LogP contribution >= 0.6 is 34.8 Å². The highest BCUT2D eigenvalue weighted by atomic mass is 35.5. The van der Waals surface area contributed by atoms with E-state index in [1.807, 2.05) is 31.2 Å². The molecule has 2 nitrogen and oxygen atoms in total. The molecule has 100 valence electrons. The molecule has 0 fully saturated rings. The molecule has 0 aliphatic heterocycles. The summed E-state index contributed by atoms with van der Waals surface area (Å²) in [4.78, 5) is 0. The minimum absolute atomic E-state index is 0.187. The van der Waals surface area contributed by atoms with E-state index in [0.717, 1.165) is 16.7 Å². The second-order valence-electron chi connectivity index (χ2n) is 4.28. The normalized spacial score (nSPS) is 12.5. The van der Waals surface area contributed by atoms with Crippen molar-refractivity contribution in [1.29, 1.82) is 0 Å². The number of nitrogens with one attached hydrogen (secondary N) is 1. The maximum atomic E-state index is 6.14. The molecule has 3 N–H and O–H groups in total. The maximum absolute atomic E-state index is 6.14. The van der Waals surface area contributed by atoms with Crippen LogP contribution in [0.5, 0.6) is 0 Å². The van der Waals surface area contributed by atoms with Gasteiger partial charge in [-0.25, -0.2) is 5.43 Å². The monoisotopic (exact) mass is 314 g/mol. The van der Waals surface area contributed by atoms with Crippen molar-refractivity contribution < 1.29 is 0 Å². The lowest BCUT2D eigenvalue weighted by Gasteiger charge is -2.18. The summed E-state index contributed by atoms with van der Waals surface area (Å²) < 4.78 is 0. The number of rotatable bonds is 3. The first-order chi connectivity index (χ1) is 9.02. The summed E-state index contributed by atoms with van der Waals surface area (Å²) in [5, 5.41) is 1.72. The Balaban J connectivity index is 2.43. The molecule has 0 spiro atoms. The number of aryl methyl sites for hydroxylation is 1. The van der Waals surface area contributed by atoms with Gasteiger partial charge in [0.1, 0.15) is 0 Å². The van der Waals surface area contributed by atoms with Crippen molar-refractivity contribution in [2.45, 2.75) is 13.0 Å². The molecule has 2 aromatic rings. The third-order valence-corrected chi connectivity index (χ3v) is 4.12. The van der Waals surface area contributed by atoms with Crippen LogP contribution in [0.3, 0.4) is 0 Å². The average Bonchev–Trinajstić information content (AvgIpc) is 2.39. The highest BCUT2D eigenvalue weighted by molar-refractivity contribution is 6.42. The van der Waals surface area contributed by atoms with Crippen molar-refractivity contribution in [3.63, 3.8) is 0 Å². The van der Waals surface area contributed by atoms with Crippen molar-refractivity contribution >= 4 is 34.8 Å². The van der Waals surface area contributed by atoms with Gasteiger partial charge in [0.25, 0.3) is 0 Å². The highest BCUT2D eigenvalue weighted by Crippen LogP contribution is 2.30. The van der Waals surface area contributed by atoms with Gasteiger partial charge in [-0.2, -0.15) is 0 Å². The van der Waals surface area contributed by atoms with Gasteiger partial charge in [0.15, 0.2) is 0 Å². The fraction of sp³-hybridized carbons (Fsp3) is 0.143. The molecule has 5 heteroatoms.